The Hall–Kier alpha value is -3.34. The summed E-state index contributed by atoms with van der Waals surface area (Å²) in [5, 5.41) is 15.1. The van der Waals surface area contributed by atoms with Crippen LogP contribution in [0.4, 0.5) is 0 Å². The fraction of sp³-hybridized carbons (Fsp3) is 0. The van der Waals surface area contributed by atoms with Gasteiger partial charge in [-0.3, -0.25) is 4.79 Å². The number of nitrogens with zero attached hydrogens (tertiary/aromatic N) is 3. The van der Waals surface area contributed by atoms with Gasteiger partial charge in [-0.15, -0.1) is 0 Å². The Labute approximate surface area is 131 Å². The van der Waals surface area contributed by atoms with E-state index in [-0.39, 0.29) is 5.75 Å². The molecule has 0 spiro atoms. The van der Waals surface area contributed by atoms with Crippen molar-refractivity contribution in [2.45, 2.75) is 0 Å². The number of hydrogen-bond donors (Lipinski definition) is 1. The van der Waals surface area contributed by atoms with Gasteiger partial charge in [0.2, 0.25) is 5.43 Å². The van der Waals surface area contributed by atoms with Gasteiger partial charge in [-0.2, -0.15) is 5.10 Å². The zero-order valence-electron chi connectivity index (χ0n) is 12.1. The minimum atomic E-state index is -0.392. The Morgan fingerprint density at radius 2 is 1.78 bits per heavy atom. The SMILES string of the molecule is O=c1ccn(-c2ccc3cnn(-c4ccccc4)c3c2)cc1O. The van der Waals surface area contributed by atoms with E-state index < -0.39 is 5.43 Å². The zero-order valence-corrected chi connectivity index (χ0v) is 12.1. The summed E-state index contributed by atoms with van der Waals surface area (Å²) in [6.45, 7) is 0. The van der Waals surface area contributed by atoms with Crippen molar-refractivity contribution in [1.29, 1.82) is 0 Å². The van der Waals surface area contributed by atoms with E-state index in [0.717, 1.165) is 22.3 Å². The summed E-state index contributed by atoms with van der Waals surface area (Å²) >= 11 is 0. The molecule has 0 unspecified atom stereocenters. The van der Waals surface area contributed by atoms with Crippen molar-refractivity contribution < 1.29 is 5.11 Å². The lowest BCUT2D eigenvalue weighted by atomic mass is 10.2. The number of benzene rings is 2. The predicted octanol–water partition coefficient (Wildman–Crippen LogP) is 2.88. The molecule has 2 aromatic heterocycles. The summed E-state index contributed by atoms with van der Waals surface area (Å²) < 4.78 is 3.57. The summed E-state index contributed by atoms with van der Waals surface area (Å²) in [6, 6.07) is 17.1. The fourth-order valence-electron chi connectivity index (χ4n) is 2.57. The van der Waals surface area contributed by atoms with Gasteiger partial charge in [-0.1, -0.05) is 18.2 Å². The topological polar surface area (TPSA) is 60.0 Å². The van der Waals surface area contributed by atoms with Gasteiger partial charge in [0.1, 0.15) is 0 Å². The van der Waals surface area contributed by atoms with Crippen LogP contribution in [-0.4, -0.2) is 19.5 Å². The van der Waals surface area contributed by atoms with Gasteiger partial charge in [0.25, 0.3) is 0 Å². The minimum absolute atomic E-state index is 0.274. The summed E-state index contributed by atoms with van der Waals surface area (Å²) in [6.07, 6.45) is 4.86. The van der Waals surface area contributed by atoms with Crippen molar-refractivity contribution >= 4 is 10.9 Å². The van der Waals surface area contributed by atoms with Gasteiger partial charge in [-0.25, -0.2) is 4.68 Å². The Bertz CT molecular complexity index is 1050. The second kappa shape index (κ2) is 5.14. The van der Waals surface area contributed by atoms with E-state index in [9.17, 15) is 9.90 Å². The molecular weight excluding hydrogens is 290 g/mol. The van der Waals surface area contributed by atoms with Crippen molar-refractivity contribution in [2.75, 3.05) is 0 Å². The molecule has 0 bridgehead atoms. The summed E-state index contributed by atoms with van der Waals surface area (Å²) in [5.41, 5.74) is 2.37. The lowest BCUT2D eigenvalue weighted by molar-refractivity contribution is 0.465. The molecule has 0 aliphatic rings. The van der Waals surface area contributed by atoms with Crippen LogP contribution >= 0.6 is 0 Å². The summed E-state index contributed by atoms with van der Waals surface area (Å²) in [7, 11) is 0. The number of para-hydroxylation sites is 1. The molecule has 5 heteroatoms. The number of aromatic nitrogens is 3. The molecule has 23 heavy (non-hydrogen) atoms. The third-order valence-electron chi connectivity index (χ3n) is 3.75. The smallest absolute Gasteiger partial charge is 0.223 e. The van der Waals surface area contributed by atoms with Gasteiger partial charge < -0.3 is 9.67 Å². The quantitative estimate of drug-likeness (QED) is 0.619. The van der Waals surface area contributed by atoms with Crippen LogP contribution in [-0.2, 0) is 0 Å². The van der Waals surface area contributed by atoms with E-state index in [0.29, 0.717) is 0 Å². The first kappa shape index (κ1) is 13.3. The van der Waals surface area contributed by atoms with Gasteiger partial charge in [0, 0.05) is 23.3 Å². The Morgan fingerprint density at radius 1 is 0.957 bits per heavy atom. The molecule has 0 saturated heterocycles. The molecule has 112 valence electrons. The van der Waals surface area contributed by atoms with Gasteiger partial charge >= 0.3 is 0 Å². The molecule has 0 fully saturated rings. The van der Waals surface area contributed by atoms with Crippen LogP contribution in [0.2, 0.25) is 0 Å². The molecule has 2 heterocycles. The van der Waals surface area contributed by atoms with Crippen molar-refractivity contribution in [3.05, 3.63) is 83.4 Å². The number of pyridine rings is 1. The highest BCUT2D eigenvalue weighted by molar-refractivity contribution is 5.82. The van der Waals surface area contributed by atoms with E-state index in [1.165, 1.54) is 12.3 Å². The van der Waals surface area contributed by atoms with Crippen LogP contribution in [0.1, 0.15) is 0 Å². The van der Waals surface area contributed by atoms with Crippen LogP contribution in [0.25, 0.3) is 22.3 Å². The third-order valence-corrected chi connectivity index (χ3v) is 3.75. The van der Waals surface area contributed by atoms with E-state index in [1.54, 1.807) is 10.8 Å². The first-order valence-corrected chi connectivity index (χ1v) is 7.17. The number of aromatic hydroxyl groups is 1. The minimum Gasteiger partial charge on any atom is -0.503 e. The molecule has 1 N–H and O–H groups in total. The third kappa shape index (κ3) is 2.28. The molecule has 0 aliphatic carbocycles. The number of hydrogen-bond acceptors (Lipinski definition) is 3. The Balaban J connectivity index is 1.90. The first-order chi connectivity index (χ1) is 11.2. The molecule has 0 amide bonds. The first-order valence-electron chi connectivity index (χ1n) is 7.17. The summed E-state index contributed by atoms with van der Waals surface area (Å²) in [4.78, 5) is 11.3. The van der Waals surface area contributed by atoms with Crippen molar-refractivity contribution in [1.82, 2.24) is 14.3 Å². The summed E-state index contributed by atoms with van der Waals surface area (Å²) in [5.74, 6) is -0.274. The van der Waals surface area contributed by atoms with E-state index in [1.807, 2.05) is 59.4 Å². The maximum Gasteiger partial charge on any atom is 0.223 e. The van der Waals surface area contributed by atoms with E-state index >= 15 is 0 Å². The second-order valence-corrected chi connectivity index (χ2v) is 5.24. The fourth-order valence-corrected chi connectivity index (χ4v) is 2.57. The van der Waals surface area contributed by atoms with Gasteiger partial charge in [-0.05, 0) is 30.3 Å². The highest BCUT2D eigenvalue weighted by Crippen LogP contribution is 2.21. The van der Waals surface area contributed by atoms with Crippen LogP contribution in [0.3, 0.4) is 0 Å². The molecular formula is C18H13N3O2. The molecule has 5 nitrogen and oxygen atoms in total. The van der Waals surface area contributed by atoms with Crippen LogP contribution in [0.15, 0.2) is 78.0 Å². The average Bonchev–Trinajstić information content (AvgIpc) is 3.01. The Kier molecular flexibility index (Phi) is 2.98. The molecule has 0 aliphatic heterocycles. The second-order valence-electron chi connectivity index (χ2n) is 5.24. The maximum atomic E-state index is 11.3. The standard InChI is InChI=1S/C18H13N3O2/c22-17-8-9-20(12-18(17)23)15-7-6-13-11-19-21(16(13)10-15)14-4-2-1-3-5-14/h1-12,23H. The monoisotopic (exact) mass is 303 g/mol. The maximum absolute atomic E-state index is 11.3. The molecule has 0 atom stereocenters. The van der Waals surface area contributed by atoms with Crippen LogP contribution in [0, 0.1) is 0 Å². The van der Waals surface area contributed by atoms with Gasteiger partial charge in [0.05, 0.1) is 23.6 Å². The normalized spacial score (nSPS) is 11.0. The lowest BCUT2D eigenvalue weighted by Crippen LogP contribution is -2.03. The van der Waals surface area contributed by atoms with Crippen LogP contribution in [0.5, 0.6) is 5.75 Å². The molecule has 2 aromatic carbocycles. The van der Waals surface area contributed by atoms with Gasteiger partial charge in [0.15, 0.2) is 5.75 Å². The largest absolute Gasteiger partial charge is 0.503 e. The predicted molar refractivity (Wildman–Crippen MR) is 88.3 cm³/mol. The Morgan fingerprint density at radius 3 is 2.57 bits per heavy atom. The zero-order chi connectivity index (χ0) is 15.8. The molecule has 0 saturated carbocycles. The van der Waals surface area contributed by atoms with Crippen molar-refractivity contribution in [3.63, 3.8) is 0 Å². The molecule has 4 aromatic rings. The average molecular weight is 303 g/mol. The van der Waals surface area contributed by atoms with E-state index in [4.69, 9.17) is 0 Å². The molecule has 0 radical (unpaired) electrons. The lowest BCUT2D eigenvalue weighted by Gasteiger charge is -2.08. The van der Waals surface area contributed by atoms with E-state index in [2.05, 4.69) is 5.10 Å². The van der Waals surface area contributed by atoms with Crippen LogP contribution < -0.4 is 5.43 Å². The van der Waals surface area contributed by atoms with Crippen molar-refractivity contribution in [3.8, 4) is 17.1 Å². The molecule has 4 rings (SSSR count). The number of fused-ring (bicyclic) bond motifs is 1. The van der Waals surface area contributed by atoms with Crippen molar-refractivity contribution in [2.24, 2.45) is 0 Å². The highest BCUT2D eigenvalue weighted by atomic mass is 16.3. The highest BCUT2D eigenvalue weighted by Gasteiger charge is 2.07. The number of rotatable bonds is 2.